The van der Waals surface area contributed by atoms with E-state index in [2.05, 4.69) is 28.1 Å². The fraction of sp³-hybridized carbons (Fsp3) is 0.333. The smallest absolute Gasteiger partial charge is 0.121 e. The monoisotopic (exact) mass is 390 g/mol. The van der Waals surface area contributed by atoms with Crippen LogP contribution in [-0.2, 0) is 4.79 Å². The Bertz CT molecular complexity index is 964. The Morgan fingerprint density at radius 1 is 1.03 bits per heavy atom. The lowest BCUT2D eigenvalue weighted by Gasteiger charge is -2.31. The molecule has 150 valence electrons. The van der Waals surface area contributed by atoms with Gasteiger partial charge in [-0.05, 0) is 54.8 Å². The van der Waals surface area contributed by atoms with Crippen molar-refractivity contribution in [3.63, 3.8) is 0 Å². The number of likely N-dealkylation sites (tertiary alicyclic amines) is 1. The van der Waals surface area contributed by atoms with E-state index in [-0.39, 0.29) is 6.10 Å². The summed E-state index contributed by atoms with van der Waals surface area (Å²) in [4.78, 5) is 17.4. The second-order valence-corrected chi connectivity index (χ2v) is 7.42. The van der Waals surface area contributed by atoms with Gasteiger partial charge >= 0.3 is 0 Å². The maximum absolute atomic E-state index is 10.5. The van der Waals surface area contributed by atoms with Crippen molar-refractivity contribution in [2.45, 2.75) is 25.4 Å². The number of piperidine rings is 1. The Balaban J connectivity index is 1.40. The van der Waals surface area contributed by atoms with E-state index >= 15 is 0 Å². The fourth-order valence-corrected chi connectivity index (χ4v) is 3.80. The molecular weight excluding hydrogens is 364 g/mol. The molecule has 0 unspecified atom stereocenters. The van der Waals surface area contributed by atoms with Crippen molar-refractivity contribution in [2.75, 3.05) is 26.7 Å². The number of ether oxygens (including phenoxy) is 2. The van der Waals surface area contributed by atoms with Crippen LogP contribution in [0.5, 0.6) is 11.5 Å². The van der Waals surface area contributed by atoms with E-state index in [9.17, 15) is 4.79 Å². The first kappa shape index (κ1) is 19.4. The molecule has 0 N–H and O–H groups in total. The van der Waals surface area contributed by atoms with Gasteiger partial charge in [-0.15, -0.1) is 0 Å². The third kappa shape index (κ3) is 4.74. The molecule has 0 radical (unpaired) electrons. The summed E-state index contributed by atoms with van der Waals surface area (Å²) in [6.07, 6.45) is 5.74. The number of carbonyl (C=O) groups excluding carboxylic acids is 1. The van der Waals surface area contributed by atoms with Gasteiger partial charge in [-0.3, -0.25) is 4.98 Å². The van der Waals surface area contributed by atoms with Gasteiger partial charge in [-0.25, -0.2) is 0 Å². The Labute approximate surface area is 171 Å². The number of pyridine rings is 1. The summed E-state index contributed by atoms with van der Waals surface area (Å²) >= 11 is 0. The molecule has 1 aliphatic rings. The van der Waals surface area contributed by atoms with Crippen molar-refractivity contribution in [3.05, 3.63) is 54.7 Å². The normalized spacial score (nSPS) is 15.3. The van der Waals surface area contributed by atoms with Gasteiger partial charge < -0.3 is 19.2 Å². The predicted octanol–water partition coefficient (Wildman–Crippen LogP) is 4.34. The van der Waals surface area contributed by atoms with Crippen LogP contribution < -0.4 is 9.47 Å². The minimum Gasteiger partial charge on any atom is -0.497 e. The summed E-state index contributed by atoms with van der Waals surface area (Å²) in [5.74, 6) is 1.73. The van der Waals surface area contributed by atoms with E-state index in [0.717, 1.165) is 72.3 Å². The second-order valence-electron chi connectivity index (χ2n) is 7.42. The number of aromatic nitrogens is 1. The third-order valence-electron chi connectivity index (χ3n) is 5.48. The van der Waals surface area contributed by atoms with E-state index in [1.165, 1.54) is 0 Å². The number of carbonyl (C=O) groups is 1. The summed E-state index contributed by atoms with van der Waals surface area (Å²) in [5.41, 5.74) is 3.13. The Morgan fingerprint density at radius 3 is 2.52 bits per heavy atom. The molecular formula is C24H26N2O3. The van der Waals surface area contributed by atoms with Gasteiger partial charge in [0, 0.05) is 43.2 Å². The zero-order valence-corrected chi connectivity index (χ0v) is 16.7. The molecule has 5 heteroatoms. The van der Waals surface area contributed by atoms with Crippen LogP contribution in [-0.4, -0.2) is 49.0 Å². The lowest BCUT2D eigenvalue weighted by Crippen LogP contribution is -2.38. The fourth-order valence-electron chi connectivity index (χ4n) is 3.80. The number of methoxy groups -OCH3 is 1. The second kappa shape index (κ2) is 9.05. The summed E-state index contributed by atoms with van der Waals surface area (Å²) in [6.45, 7) is 2.84. The van der Waals surface area contributed by atoms with Crippen LogP contribution in [0, 0.1) is 0 Å². The van der Waals surface area contributed by atoms with E-state index in [0.29, 0.717) is 6.42 Å². The molecule has 0 spiro atoms. The van der Waals surface area contributed by atoms with Gasteiger partial charge in [0.2, 0.25) is 0 Å². The molecule has 5 nitrogen and oxygen atoms in total. The molecule has 0 bridgehead atoms. The first-order valence-electron chi connectivity index (χ1n) is 10.1. The summed E-state index contributed by atoms with van der Waals surface area (Å²) in [5, 5.41) is 1.06. The van der Waals surface area contributed by atoms with Gasteiger partial charge in [-0.2, -0.15) is 0 Å². The average molecular weight is 390 g/mol. The molecule has 0 saturated carbocycles. The maximum Gasteiger partial charge on any atom is 0.121 e. The molecule has 1 fully saturated rings. The SMILES string of the molecule is COc1ccc2ncc(-c3ccc(OC4CCN(CCC=O)CC4)cc3)cc2c1. The number of aldehydes is 1. The topological polar surface area (TPSA) is 51.7 Å². The van der Waals surface area contributed by atoms with Crippen molar-refractivity contribution in [2.24, 2.45) is 0 Å². The molecule has 29 heavy (non-hydrogen) atoms. The first-order valence-corrected chi connectivity index (χ1v) is 10.1. The summed E-state index contributed by atoms with van der Waals surface area (Å²) in [7, 11) is 1.67. The zero-order chi connectivity index (χ0) is 20.1. The molecule has 2 aromatic carbocycles. The number of hydrogen-bond acceptors (Lipinski definition) is 5. The third-order valence-corrected chi connectivity index (χ3v) is 5.48. The zero-order valence-electron chi connectivity index (χ0n) is 16.7. The van der Waals surface area contributed by atoms with Gasteiger partial charge in [-0.1, -0.05) is 12.1 Å². The van der Waals surface area contributed by atoms with Crippen molar-refractivity contribution >= 4 is 17.2 Å². The van der Waals surface area contributed by atoms with E-state index < -0.39 is 0 Å². The largest absolute Gasteiger partial charge is 0.497 e. The lowest BCUT2D eigenvalue weighted by atomic mass is 10.0. The molecule has 1 saturated heterocycles. The van der Waals surface area contributed by atoms with Gasteiger partial charge in [0.25, 0.3) is 0 Å². The molecule has 3 aromatic rings. The highest BCUT2D eigenvalue weighted by Gasteiger charge is 2.20. The average Bonchev–Trinajstić information content (AvgIpc) is 2.78. The first-order chi connectivity index (χ1) is 14.2. The van der Waals surface area contributed by atoms with Crippen LogP contribution in [0.2, 0.25) is 0 Å². The van der Waals surface area contributed by atoms with Crippen LogP contribution in [0.1, 0.15) is 19.3 Å². The molecule has 0 atom stereocenters. The van der Waals surface area contributed by atoms with Gasteiger partial charge in [0.05, 0.1) is 12.6 Å². The Hall–Kier alpha value is -2.92. The number of nitrogens with zero attached hydrogens (tertiary/aromatic N) is 2. The van der Waals surface area contributed by atoms with Crippen molar-refractivity contribution in [1.82, 2.24) is 9.88 Å². The number of rotatable bonds is 7. The molecule has 2 heterocycles. The standard InChI is InChI=1S/C24H26N2O3/c1-28-23-7-8-24-19(16-23)15-20(17-25-24)18-3-5-21(6-4-18)29-22-9-12-26(13-10-22)11-2-14-27/h3-8,14-17,22H,2,9-13H2,1H3. The highest BCUT2D eigenvalue weighted by atomic mass is 16.5. The predicted molar refractivity (Wildman–Crippen MR) is 115 cm³/mol. The minimum absolute atomic E-state index is 0.239. The molecule has 0 amide bonds. The summed E-state index contributed by atoms with van der Waals surface area (Å²) in [6, 6.07) is 16.3. The van der Waals surface area contributed by atoms with Gasteiger partial charge in [0.15, 0.2) is 0 Å². The van der Waals surface area contributed by atoms with E-state index in [1.807, 2.05) is 36.5 Å². The molecule has 1 aromatic heterocycles. The molecule has 1 aliphatic heterocycles. The highest BCUT2D eigenvalue weighted by Crippen LogP contribution is 2.27. The van der Waals surface area contributed by atoms with Crippen LogP contribution in [0.3, 0.4) is 0 Å². The highest BCUT2D eigenvalue weighted by molar-refractivity contribution is 5.84. The lowest BCUT2D eigenvalue weighted by molar-refractivity contribution is -0.108. The van der Waals surface area contributed by atoms with Crippen LogP contribution in [0.25, 0.3) is 22.0 Å². The minimum atomic E-state index is 0.239. The van der Waals surface area contributed by atoms with E-state index in [1.54, 1.807) is 7.11 Å². The van der Waals surface area contributed by atoms with Crippen molar-refractivity contribution in [3.8, 4) is 22.6 Å². The van der Waals surface area contributed by atoms with Crippen molar-refractivity contribution < 1.29 is 14.3 Å². The molecule has 4 rings (SSSR count). The number of hydrogen-bond donors (Lipinski definition) is 0. The summed E-state index contributed by atoms with van der Waals surface area (Å²) < 4.78 is 11.5. The van der Waals surface area contributed by atoms with Crippen LogP contribution in [0.4, 0.5) is 0 Å². The van der Waals surface area contributed by atoms with Gasteiger partial charge in [0.1, 0.15) is 23.9 Å². The van der Waals surface area contributed by atoms with E-state index in [4.69, 9.17) is 9.47 Å². The quantitative estimate of drug-likeness (QED) is 0.562. The molecule has 0 aliphatic carbocycles. The van der Waals surface area contributed by atoms with Crippen LogP contribution in [0.15, 0.2) is 54.7 Å². The Kier molecular flexibility index (Phi) is 6.06. The maximum atomic E-state index is 10.5. The number of fused-ring (bicyclic) bond motifs is 1. The number of benzene rings is 2. The van der Waals surface area contributed by atoms with Crippen molar-refractivity contribution in [1.29, 1.82) is 0 Å². The Morgan fingerprint density at radius 2 is 1.79 bits per heavy atom. The van der Waals surface area contributed by atoms with Crippen LogP contribution >= 0.6 is 0 Å².